The van der Waals surface area contributed by atoms with Crippen molar-refractivity contribution < 1.29 is 19.1 Å². The van der Waals surface area contributed by atoms with Gasteiger partial charge in [-0.2, -0.15) is 19.9 Å². The van der Waals surface area contributed by atoms with Gasteiger partial charge in [0.1, 0.15) is 11.5 Å². The highest BCUT2D eigenvalue weighted by atomic mass is 35.5. The Kier molecular flexibility index (Phi) is 15.3. The number of ether oxygens (including phenoxy) is 2. The third-order valence-electron chi connectivity index (χ3n) is 10.5. The molecular weight excluding hydrogens is 924 g/mol. The Morgan fingerprint density at radius 1 is 0.606 bits per heavy atom. The summed E-state index contributed by atoms with van der Waals surface area (Å²) < 4.78 is 11.2. The molecule has 0 radical (unpaired) electrons. The standard InChI is InChI=1S/C24H24ClN7O2S.C20H24ClN7O2S/c25-17-6-8-18(9-7-17)34-14-19(33)31-10-12-32(13-11-31)22-20-21(28-23(26)30-22)29-24(27-20)35-15-16-4-2-1-3-5-16;1-2-11-31-20-23-16-17(25-20)24-19(22)26-18(16)28-9-7-27(8-10-28)15(29)12-30-14-5-3-13(21)4-6-14/h1-9H,10-15H2,(H3,26,27,28,29,30);3-6H,2,7-12H2,1H3,(H3,22,23,24,25,26). The summed E-state index contributed by atoms with van der Waals surface area (Å²) in [5, 5.41) is 2.82. The van der Waals surface area contributed by atoms with E-state index < -0.39 is 0 Å². The van der Waals surface area contributed by atoms with E-state index in [0.29, 0.717) is 108 Å². The number of halogens is 2. The van der Waals surface area contributed by atoms with Crippen molar-refractivity contribution in [2.24, 2.45) is 0 Å². The van der Waals surface area contributed by atoms with Crippen LogP contribution in [0.15, 0.2) is 89.2 Å². The molecule has 2 amide bonds. The second-order valence-electron chi connectivity index (χ2n) is 15.1. The first-order valence-corrected chi connectivity index (χ1v) is 24.0. The number of hydrogen-bond acceptors (Lipinski definition) is 16. The van der Waals surface area contributed by atoms with Gasteiger partial charge in [0.15, 0.2) is 57.5 Å². The molecule has 18 nitrogen and oxygen atoms in total. The Bertz CT molecular complexity index is 2730. The van der Waals surface area contributed by atoms with Gasteiger partial charge in [-0.1, -0.05) is 84.0 Å². The van der Waals surface area contributed by atoms with Crippen LogP contribution in [0.3, 0.4) is 0 Å². The molecule has 0 atom stereocenters. The summed E-state index contributed by atoms with van der Waals surface area (Å²) in [6, 6.07) is 24.1. The van der Waals surface area contributed by atoms with Gasteiger partial charge in [0.05, 0.1) is 0 Å². The summed E-state index contributed by atoms with van der Waals surface area (Å²) in [5.41, 5.74) is 15.8. The smallest absolute Gasteiger partial charge is 0.260 e. The number of benzene rings is 3. The van der Waals surface area contributed by atoms with Gasteiger partial charge < -0.3 is 50.5 Å². The van der Waals surface area contributed by atoms with Crippen LogP contribution in [0.4, 0.5) is 23.5 Å². The third-order valence-corrected chi connectivity index (χ3v) is 13.0. The quantitative estimate of drug-likeness (QED) is 0.0862. The molecule has 66 heavy (non-hydrogen) atoms. The molecule has 22 heteroatoms. The van der Waals surface area contributed by atoms with E-state index in [1.165, 1.54) is 5.56 Å². The fourth-order valence-electron chi connectivity index (χ4n) is 7.13. The second kappa shape index (κ2) is 21.8. The van der Waals surface area contributed by atoms with Crippen molar-refractivity contribution >= 4 is 104 Å². The number of carbonyl (C=O) groups is 2. The molecule has 0 aliphatic carbocycles. The van der Waals surface area contributed by atoms with E-state index in [1.807, 2.05) is 18.2 Å². The highest BCUT2D eigenvalue weighted by Gasteiger charge is 2.27. The Balaban J connectivity index is 0.000000181. The van der Waals surface area contributed by atoms with E-state index in [4.69, 9.17) is 49.1 Å². The zero-order chi connectivity index (χ0) is 46.0. The van der Waals surface area contributed by atoms with Crippen molar-refractivity contribution in [3.05, 3.63) is 94.5 Å². The largest absolute Gasteiger partial charge is 0.484 e. The lowest BCUT2D eigenvalue weighted by atomic mass is 10.2. The number of nitrogens with zero attached hydrogens (tertiary/aromatic N) is 10. The number of nitrogens with two attached hydrogens (primary N) is 2. The van der Waals surface area contributed by atoms with Gasteiger partial charge in [-0.25, -0.2) is 9.97 Å². The Hall–Kier alpha value is -6.22. The van der Waals surface area contributed by atoms with Gasteiger partial charge in [0, 0.05) is 73.9 Å². The number of fused-ring (bicyclic) bond motifs is 2. The molecule has 0 bridgehead atoms. The molecule has 3 aromatic carbocycles. The number of imidazole rings is 2. The van der Waals surface area contributed by atoms with Gasteiger partial charge in [0.25, 0.3) is 11.8 Å². The normalized spacial score (nSPS) is 14.0. The molecular formula is C44H48Cl2N14O4S2. The van der Waals surface area contributed by atoms with Crippen LogP contribution in [0.5, 0.6) is 11.5 Å². The monoisotopic (exact) mass is 970 g/mol. The van der Waals surface area contributed by atoms with Crippen LogP contribution in [0, 0.1) is 0 Å². The van der Waals surface area contributed by atoms with E-state index >= 15 is 0 Å². The number of hydrogen-bond donors (Lipinski definition) is 4. The van der Waals surface area contributed by atoms with Crippen LogP contribution in [-0.4, -0.2) is 133 Å². The summed E-state index contributed by atoms with van der Waals surface area (Å²) in [6.07, 6.45) is 1.06. The maximum atomic E-state index is 12.6. The van der Waals surface area contributed by atoms with Gasteiger partial charge in [-0.15, -0.1) is 0 Å². The van der Waals surface area contributed by atoms with E-state index in [2.05, 4.69) is 63.7 Å². The number of piperazine rings is 2. The fraction of sp³-hybridized carbons (Fsp3) is 0.318. The molecule has 6 N–H and O–H groups in total. The minimum absolute atomic E-state index is 0.0102. The number of aromatic nitrogens is 8. The molecule has 2 saturated heterocycles. The number of carbonyl (C=O) groups excluding carboxylic acids is 2. The third kappa shape index (κ3) is 12.0. The lowest BCUT2D eigenvalue weighted by molar-refractivity contribution is -0.134. The van der Waals surface area contributed by atoms with E-state index in [0.717, 1.165) is 28.2 Å². The SMILES string of the molecule is CCCSc1nc2c(N3CCN(C(=O)COc4ccc(Cl)cc4)CC3)nc(N)nc2[nH]1.Nc1nc(N2CCN(C(=O)COc3ccc(Cl)cc3)CC2)c2nc(SCc3ccccc3)[nH]c2n1. The maximum absolute atomic E-state index is 12.6. The molecule has 6 heterocycles. The second-order valence-corrected chi connectivity index (χ2v) is 18.1. The molecule has 0 spiro atoms. The van der Waals surface area contributed by atoms with E-state index in [-0.39, 0.29) is 36.9 Å². The first kappa shape index (κ1) is 46.3. The number of aromatic amines is 2. The fourth-order valence-corrected chi connectivity index (χ4v) is 8.93. The molecule has 0 unspecified atom stereocenters. The number of rotatable bonds is 14. The first-order valence-electron chi connectivity index (χ1n) is 21.3. The number of H-pyrrole nitrogens is 2. The predicted molar refractivity (Wildman–Crippen MR) is 261 cm³/mol. The summed E-state index contributed by atoms with van der Waals surface area (Å²) in [6.45, 7) is 6.80. The van der Waals surface area contributed by atoms with Crippen LogP contribution in [0.1, 0.15) is 18.9 Å². The average molecular weight is 972 g/mol. The topological polar surface area (TPSA) is 227 Å². The predicted octanol–water partition coefficient (Wildman–Crippen LogP) is 6.43. The van der Waals surface area contributed by atoms with E-state index in [9.17, 15) is 9.59 Å². The maximum Gasteiger partial charge on any atom is 0.260 e. The number of thioether (sulfide) groups is 2. The minimum Gasteiger partial charge on any atom is -0.484 e. The van der Waals surface area contributed by atoms with Crippen LogP contribution >= 0.6 is 46.7 Å². The van der Waals surface area contributed by atoms with Crippen molar-refractivity contribution in [1.82, 2.24) is 49.7 Å². The molecule has 2 aliphatic heterocycles. The van der Waals surface area contributed by atoms with Crippen molar-refractivity contribution in [1.29, 1.82) is 0 Å². The Morgan fingerprint density at radius 2 is 1.05 bits per heavy atom. The molecule has 9 rings (SSSR count). The van der Waals surface area contributed by atoms with Gasteiger partial charge in [0.2, 0.25) is 11.9 Å². The number of amides is 2. The molecule has 7 aromatic rings. The average Bonchev–Trinajstić information content (AvgIpc) is 3.96. The minimum atomic E-state index is -0.0636. The van der Waals surface area contributed by atoms with Gasteiger partial charge in [-0.05, 0) is 60.5 Å². The van der Waals surface area contributed by atoms with Gasteiger partial charge >= 0.3 is 0 Å². The molecule has 0 saturated carbocycles. The molecule has 2 fully saturated rings. The summed E-state index contributed by atoms with van der Waals surface area (Å²) in [5.74, 6) is 4.64. The molecule has 344 valence electrons. The van der Waals surface area contributed by atoms with E-state index in [1.54, 1.807) is 81.9 Å². The lowest BCUT2D eigenvalue weighted by Crippen LogP contribution is -2.50. The summed E-state index contributed by atoms with van der Waals surface area (Å²) in [7, 11) is 0. The number of anilines is 4. The Morgan fingerprint density at radius 3 is 1.48 bits per heavy atom. The zero-order valence-corrected chi connectivity index (χ0v) is 39.2. The van der Waals surface area contributed by atoms with Crippen molar-refractivity contribution in [3.63, 3.8) is 0 Å². The highest BCUT2D eigenvalue weighted by Crippen LogP contribution is 2.30. The van der Waals surface area contributed by atoms with Crippen molar-refractivity contribution in [2.45, 2.75) is 29.4 Å². The van der Waals surface area contributed by atoms with Crippen molar-refractivity contribution in [2.75, 3.05) is 92.6 Å². The highest BCUT2D eigenvalue weighted by molar-refractivity contribution is 7.99. The number of nitrogen functional groups attached to an aromatic ring is 2. The van der Waals surface area contributed by atoms with Crippen LogP contribution in [0.25, 0.3) is 22.3 Å². The molecule has 2 aliphatic rings. The van der Waals surface area contributed by atoms with Crippen molar-refractivity contribution in [3.8, 4) is 11.5 Å². The summed E-state index contributed by atoms with van der Waals surface area (Å²) >= 11 is 15.0. The first-order chi connectivity index (χ1) is 32.1. The zero-order valence-electron chi connectivity index (χ0n) is 36.0. The van der Waals surface area contributed by atoms with Gasteiger partial charge in [-0.3, -0.25) is 9.59 Å². The molecule has 4 aromatic heterocycles. The van der Waals surface area contributed by atoms with Crippen LogP contribution in [0.2, 0.25) is 10.0 Å². The summed E-state index contributed by atoms with van der Waals surface area (Å²) in [4.78, 5) is 66.3. The Labute approximate surface area is 399 Å². The lowest BCUT2D eigenvalue weighted by Gasteiger charge is -2.35. The van der Waals surface area contributed by atoms with Crippen LogP contribution in [-0.2, 0) is 15.3 Å². The number of nitrogens with one attached hydrogen (secondary N) is 2. The van der Waals surface area contributed by atoms with Crippen LogP contribution < -0.4 is 30.7 Å².